The van der Waals surface area contributed by atoms with Crippen molar-refractivity contribution in [2.75, 3.05) is 5.32 Å². The van der Waals surface area contributed by atoms with E-state index in [0.717, 1.165) is 12.8 Å². The normalized spacial score (nSPS) is 12.6. The Morgan fingerprint density at radius 1 is 1.58 bits per heavy atom. The third-order valence-electron chi connectivity index (χ3n) is 2.68. The number of rotatable bonds is 5. The molecule has 0 radical (unpaired) electrons. The molecule has 0 spiro atoms. The van der Waals surface area contributed by atoms with E-state index in [9.17, 15) is 4.79 Å². The van der Waals surface area contributed by atoms with Gasteiger partial charge in [-0.2, -0.15) is 9.97 Å². The van der Waals surface area contributed by atoms with Crippen molar-refractivity contribution in [3.05, 3.63) is 11.5 Å². The number of amides is 1. The van der Waals surface area contributed by atoms with Crippen molar-refractivity contribution in [2.45, 2.75) is 32.2 Å². The molecule has 19 heavy (non-hydrogen) atoms. The van der Waals surface area contributed by atoms with Crippen LogP contribution in [-0.4, -0.2) is 31.9 Å². The van der Waals surface area contributed by atoms with Gasteiger partial charge < -0.3 is 10.7 Å². The number of carbonyl (C=O) groups is 1. The SMILES string of the molecule is CCCC[C@H](N)C(=O)Nc1nc(Cl)c2[nH]cnc2n1. The number of H-pyrrole nitrogens is 1. The van der Waals surface area contributed by atoms with E-state index < -0.39 is 6.04 Å². The quantitative estimate of drug-likeness (QED) is 0.719. The second-order valence-electron chi connectivity index (χ2n) is 4.18. The van der Waals surface area contributed by atoms with Crippen molar-refractivity contribution in [1.29, 1.82) is 0 Å². The molecule has 2 heterocycles. The monoisotopic (exact) mass is 282 g/mol. The van der Waals surface area contributed by atoms with Crippen LogP contribution in [0.4, 0.5) is 5.95 Å². The maximum Gasteiger partial charge on any atom is 0.243 e. The zero-order valence-corrected chi connectivity index (χ0v) is 11.2. The Labute approximate surface area is 115 Å². The molecule has 2 aromatic heterocycles. The Morgan fingerprint density at radius 3 is 3.11 bits per heavy atom. The minimum Gasteiger partial charge on any atom is -0.341 e. The lowest BCUT2D eigenvalue weighted by Gasteiger charge is -2.10. The molecule has 0 aliphatic rings. The fraction of sp³-hybridized carbons (Fsp3) is 0.455. The number of hydrogen-bond acceptors (Lipinski definition) is 5. The van der Waals surface area contributed by atoms with E-state index >= 15 is 0 Å². The van der Waals surface area contributed by atoms with Gasteiger partial charge in [0.05, 0.1) is 12.4 Å². The molecular formula is C11H15ClN6O. The molecule has 7 nitrogen and oxygen atoms in total. The van der Waals surface area contributed by atoms with Crippen LogP contribution >= 0.6 is 11.6 Å². The number of carbonyl (C=O) groups excluding carboxylic acids is 1. The van der Waals surface area contributed by atoms with Crippen LogP contribution in [0.15, 0.2) is 6.33 Å². The standard InChI is InChI=1S/C11H15ClN6O/c1-2-3-4-6(13)10(19)18-11-16-8(12)7-9(17-11)15-5-14-7/h5-6H,2-4,13H2,1H3,(H2,14,15,16,17,18,19)/t6-/m0/s1. The van der Waals surface area contributed by atoms with Gasteiger partial charge in [0, 0.05) is 0 Å². The molecule has 0 bridgehead atoms. The summed E-state index contributed by atoms with van der Waals surface area (Å²) in [6.45, 7) is 2.04. The number of hydrogen-bond donors (Lipinski definition) is 3. The first-order valence-electron chi connectivity index (χ1n) is 6.05. The van der Waals surface area contributed by atoms with Gasteiger partial charge in [-0.15, -0.1) is 0 Å². The largest absolute Gasteiger partial charge is 0.341 e. The maximum absolute atomic E-state index is 11.8. The van der Waals surface area contributed by atoms with Crippen LogP contribution in [-0.2, 0) is 4.79 Å². The minimum atomic E-state index is -0.572. The van der Waals surface area contributed by atoms with Crippen LogP contribution in [0.3, 0.4) is 0 Å². The van der Waals surface area contributed by atoms with Crippen LogP contribution < -0.4 is 11.1 Å². The minimum absolute atomic E-state index is 0.113. The lowest BCUT2D eigenvalue weighted by atomic mass is 10.1. The van der Waals surface area contributed by atoms with Gasteiger partial charge in [0.15, 0.2) is 10.8 Å². The number of halogens is 1. The summed E-state index contributed by atoms with van der Waals surface area (Å²) in [5.41, 5.74) is 6.70. The van der Waals surface area contributed by atoms with Crippen molar-refractivity contribution in [2.24, 2.45) is 5.73 Å². The molecule has 0 saturated carbocycles. The van der Waals surface area contributed by atoms with Crippen LogP contribution in [0.2, 0.25) is 5.15 Å². The van der Waals surface area contributed by atoms with Crippen molar-refractivity contribution < 1.29 is 4.79 Å². The smallest absolute Gasteiger partial charge is 0.243 e. The molecule has 1 amide bonds. The molecule has 0 fully saturated rings. The van der Waals surface area contributed by atoms with Crippen LogP contribution in [0.1, 0.15) is 26.2 Å². The number of aromatic amines is 1. The fourth-order valence-corrected chi connectivity index (χ4v) is 1.83. The molecule has 102 valence electrons. The molecule has 0 aliphatic carbocycles. The van der Waals surface area contributed by atoms with E-state index in [-0.39, 0.29) is 17.0 Å². The van der Waals surface area contributed by atoms with E-state index in [1.54, 1.807) is 0 Å². The zero-order chi connectivity index (χ0) is 13.8. The molecule has 0 aromatic carbocycles. The van der Waals surface area contributed by atoms with Crippen LogP contribution in [0, 0.1) is 0 Å². The van der Waals surface area contributed by atoms with Crippen molar-refractivity contribution in [3.8, 4) is 0 Å². The van der Waals surface area contributed by atoms with Crippen molar-refractivity contribution in [3.63, 3.8) is 0 Å². The maximum atomic E-state index is 11.8. The predicted molar refractivity (Wildman–Crippen MR) is 72.8 cm³/mol. The molecule has 2 rings (SSSR count). The highest BCUT2D eigenvalue weighted by Gasteiger charge is 2.15. The average Bonchev–Trinajstić information content (AvgIpc) is 2.84. The summed E-state index contributed by atoms with van der Waals surface area (Å²) in [6, 6.07) is -0.572. The third-order valence-corrected chi connectivity index (χ3v) is 2.96. The molecule has 2 aromatic rings. The Morgan fingerprint density at radius 2 is 2.37 bits per heavy atom. The van der Waals surface area contributed by atoms with Gasteiger partial charge in [-0.05, 0) is 6.42 Å². The van der Waals surface area contributed by atoms with Gasteiger partial charge in [0.1, 0.15) is 5.52 Å². The number of nitrogens with one attached hydrogen (secondary N) is 2. The van der Waals surface area contributed by atoms with E-state index in [1.165, 1.54) is 6.33 Å². The molecule has 0 unspecified atom stereocenters. The second kappa shape index (κ2) is 5.94. The molecule has 0 aliphatic heterocycles. The number of nitrogens with zero attached hydrogens (tertiary/aromatic N) is 3. The van der Waals surface area contributed by atoms with E-state index in [2.05, 4.69) is 25.3 Å². The Hall–Kier alpha value is -1.73. The van der Waals surface area contributed by atoms with Crippen LogP contribution in [0.25, 0.3) is 11.2 Å². The topological polar surface area (TPSA) is 110 Å². The van der Waals surface area contributed by atoms with Gasteiger partial charge in [0.25, 0.3) is 0 Å². The first-order chi connectivity index (χ1) is 9.11. The lowest BCUT2D eigenvalue weighted by molar-refractivity contribution is -0.117. The summed E-state index contributed by atoms with van der Waals surface area (Å²) in [5, 5.41) is 2.76. The highest BCUT2D eigenvalue weighted by molar-refractivity contribution is 6.33. The van der Waals surface area contributed by atoms with Gasteiger partial charge in [0.2, 0.25) is 11.9 Å². The van der Waals surface area contributed by atoms with Gasteiger partial charge in [-0.1, -0.05) is 31.4 Å². The molecular weight excluding hydrogens is 268 g/mol. The highest BCUT2D eigenvalue weighted by Crippen LogP contribution is 2.18. The first-order valence-corrected chi connectivity index (χ1v) is 6.42. The summed E-state index contributed by atoms with van der Waals surface area (Å²) in [7, 11) is 0. The number of aromatic nitrogens is 4. The molecule has 0 saturated heterocycles. The number of nitrogens with two attached hydrogens (primary N) is 1. The zero-order valence-electron chi connectivity index (χ0n) is 10.5. The predicted octanol–water partition coefficient (Wildman–Crippen LogP) is 1.46. The summed E-state index contributed by atoms with van der Waals surface area (Å²) in [4.78, 5) is 26.6. The Kier molecular flexibility index (Phi) is 4.28. The highest BCUT2D eigenvalue weighted by atomic mass is 35.5. The lowest BCUT2D eigenvalue weighted by Crippen LogP contribution is -2.36. The number of unbranched alkanes of at least 4 members (excludes halogenated alkanes) is 1. The summed E-state index contributed by atoms with van der Waals surface area (Å²) in [5.74, 6) is -0.207. The summed E-state index contributed by atoms with van der Waals surface area (Å²) < 4.78 is 0. The Bertz CT molecular complexity index is 584. The Balaban J connectivity index is 2.10. The second-order valence-corrected chi connectivity index (χ2v) is 4.54. The van der Waals surface area contributed by atoms with Gasteiger partial charge in [-0.3, -0.25) is 10.1 Å². The molecule has 1 atom stereocenters. The van der Waals surface area contributed by atoms with E-state index in [4.69, 9.17) is 17.3 Å². The third kappa shape index (κ3) is 3.18. The van der Waals surface area contributed by atoms with Crippen molar-refractivity contribution in [1.82, 2.24) is 19.9 Å². The number of fused-ring (bicyclic) bond motifs is 1. The van der Waals surface area contributed by atoms with E-state index in [1.807, 2.05) is 6.92 Å². The van der Waals surface area contributed by atoms with Crippen molar-refractivity contribution >= 4 is 34.6 Å². The fourth-order valence-electron chi connectivity index (χ4n) is 1.61. The van der Waals surface area contributed by atoms with Gasteiger partial charge in [-0.25, -0.2) is 4.98 Å². The summed E-state index contributed by atoms with van der Waals surface area (Å²) in [6.07, 6.45) is 3.97. The first kappa shape index (κ1) is 13.7. The summed E-state index contributed by atoms with van der Waals surface area (Å²) >= 11 is 5.95. The molecule has 4 N–H and O–H groups in total. The van der Waals surface area contributed by atoms with Gasteiger partial charge >= 0.3 is 0 Å². The molecule has 8 heteroatoms. The number of imidazole rings is 1. The number of anilines is 1. The van der Waals surface area contributed by atoms with E-state index in [0.29, 0.717) is 17.6 Å². The average molecular weight is 283 g/mol. The van der Waals surface area contributed by atoms with Crippen LogP contribution in [0.5, 0.6) is 0 Å².